The molecule has 0 atom stereocenters. The van der Waals surface area contributed by atoms with Crippen LogP contribution in [0.5, 0.6) is 0 Å². The molecule has 144 valence electrons. The van der Waals surface area contributed by atoms with E-state index in [1.165, 1.54) is 6.26 Å². The van der Waals surface area contributed by atoms with Crippen LogP contribution >= 0.6 is 11.6 Å². The molecule has 0 spiro atoms. The van der Waals surface area contributed by atoms with Crippen LogP contribution in [0.3, 0.4) is 0 Å². The zero-order chi connectivity index (χ0) is 19.1. The summed E-state index contributed by atoms with van der Waals surface area (Å²) in [5, 5.41) is 3.67. The molecule has 2 aromatic rings. The fourth-order valence-electron chi connectivity index (χ4n) is 3.08. The second-order valence-electron chi connectivity index (χ2n) is 6.59. The summed E-state index contributed by atoms with van der Waals surface area (Å²) in [6, 6.07) is 11.1. The molecule has 0 radical (unpaired) electrons. The molecule has 0 bridgehead atoms. The van der Waals surface area contributed by atoms with Gasteiger partial charge in [0.05, 0.1) is 6.26 Å². The van der Waals surface area contributed by atoms with Crippen LogP contribution in [0.15, 0.2) is 47.1 Å². The lowest BCUT2D eigenvalue weighted by atomic mass is 10.1. The number of hydrogen-bond acceptors (Lipinski definition) is 4. The van der Waals surface area contributed by atoms with E-state index in [-0.39, 0.29) is 11.8 Å². The summed E-state index contributed by atoms with van der Waals surface area (Å²) in [4.78, 5) is 28.3. The number of carbonyl (C=O) groups is 2. The number of rotatable bonds is 7. The largest absolute Gasteiger partial charge is 0.459 e. The van der Waals surface area contributed by atoms with Crippen molar-refractivity contribution in [3.05, 3.63) is 59.0 Å². The summed E-state index contributed by atoms with van der Waals surface area (Å²) in [5.74, 6) is 0.362. The minimum Gasteiger partial charge on any atom is -0.459 e. The molecule has 1 aliphatic heterocycles. The molecule has 1 aromatic carbocycles. The van der Waals surface area contributed by atoms with Crippen molar-refractivity contribution < 1.29 is 14.0 Å². The second kappa shape index (κ2) is 9.58. The average molecular weight is 390 g/mol. The average Bonchev–Trinajstić information content (AvgIpc) is 3.22. The molecule has 0 unspecified atom stereocenters. The number of nitrogens with zero attached hydrogens (tertiary/aromatic N) is 2. The van der Waals surface area contributed by atoms with E-state index in [0.717, 1.165) is 25.1 Å². The summed E-state index contributed by atoms with van der Waals surface area (Å²) >= 11 is 5.86. The topological polar surface area (TPSA) is 65.8 Å². The van der Waals surface area contributed by atoms with E-state index in [2.05, 4.69) is 10.2 Å². The van der Waals surface area contributed by atoms with Gasteiger partial charge in [-0.2, -0.15) is 0 Å². The minimum atomic E-state index is -0.0698. The van der Waals surface area contributed by atoms with Gasteiger partial charge in [-0.1, -0.05) is 23.7 Å². The van der Waals surface area contributed by atoms with Crippen molar-refractivity contribution in [2.75, 3.05) is 39.3 Å². The predicted molar refractivity (Wildman–Crippen MR) is 104 cm³/mol. The van der Waals surface area contributed by atoms with Crippen LogP contribution in [0.25, 0.3) is 0 Å². The van der Waals surface area contributed by atoms with E-state index >= 15 is 0 Å². The van der Waals surface area contributed by atoms with Crippen molar-refractivity contribution in [2.24, 2.45) is 0 Å². The molecule has 1 N–H and O–H groups in total. The Bertz CT molecular complexity index is 738. The van der Waals surface area contributed by atoms with Crippen molar-refractivity contribution in [3.8, 4) is 0 Å². The smallest absolute Gasteiger partial charge is 0.289 e. The van der Waals surface area contributed by atoms with E-state index in [9.17, 15) is 9.59 Å². The summed E-state index contributed by atoms with van der Waals surface area (Å²) in [6.07, 6.45) is 2.76. The van der Waals surface area contributed by atoms with Crippen LogP contribution in [0, 0.1) is 0 Å². The minimum absolute atomic E-state index is 0.0538. The lowest BCUT2D eigenvalue weighted by molar-refractivity contribution is -0.121. The third-order valence-corrected chi connectivity index (χ3v) is 4.95. The van der Waals surface area contributed by atoms with Gasteiger partial charge in [-0.05, 0) is 36.2 Å². The van der Waals surface area contributed by atoms with Crippen LogP contribution in [0.2, 0.25) is 5.02 Å². The van der Waals surface area contributed by atoms with Gasteiger partial charge in [-0.3, -0.25) is 14.5 Å². The van der Waals surface area contributed by atoms with E-state index < -0.39 is 0 Å². The van der Waals surface area contributed by atoms with Crippen LogP contribution in [0.4, 0.5) is 0 Å². The third-order valence-electron chi connectivity index (χ3n) is 4.70. The molecule has 3 rings (SSSR count). The molecule has 1 saturated heterocycles. The van der Waals surface area contributed by atoms with Gasteiger partial charge >= 0.3 is 0 Å². The molecular formula is C20H24ClN3O3. The van der Waals surface area contributed by atoms with Gasteiger partial charge in [0.1, 0.15) is 0 Å². The number of piperazine rings is 1. The Kier molecular flexibility index (Phi) is 6.90. The van der Waals surface area contributed by atoms with Crippen LogP contribution < -0.4 is 5.32 Å². The summed E-state index contributed by atoms with van der Waals surface area (Å²) in [6.45, 7) is 4.16. The van der Waals surface area contributed by atoms with Gasteiger partial charge in [0, 0.05) is 50.7 Å². The van der Waals surface area contributed by atoms with Gasteiger partial charge in [-0.25, -0.2) is 0 Å². The first kappa shape index (κ1) is 19.5. The molecule has 1 aromatic heterocycles. The standard InChI is InChI=1S/C20H24ClN3O3/c21-17-5-3-16(4-6-17)7-9-22-19(25)8-10-23-11-13-24(14-12-23)20(26)18-2-1-15-27-18/h1-6,15H,7-14H2,(H,22,25). The first-order chi connectivity index (χ1) is 13.1. The maximum Gasteiger partial charge on any atom is 0.289 e. The molecule has 1 aliphatic rings. The number of nitrogens with one attached hydrogen (secondary N) is 1. The van der Waals surface area contributed by atoms with Crippen molar-refractivity contribution >= 4 is 23.4 Å². The SMILES string of the molecule is O=C(CCN1CCN(C(=O)c2ccco2)CC1)NCCc1ccc(Cl)cc1. The highest BCUT2D eigenvalue weighted by atomic mass is 35.5. The van der Waals surface area contributed by atoms with Crippen molar-refractivity contribution in [2.45, 2.75) is 12.8 Å². The Hall–Kier alpha value is -2.31. The number of benzene rings is 1. The lowest BCUT2D eigenvalue weighted by Gasteiger charge is -2.34. The molecule has 6 nitrogen and oxygen atoms in total. The first-order valence-corrected chi connectivity index (χ1v) is 9.56. The quantitative estimate of drug-likeness (QED) is 0.789. The Labute approximate surface area is 164 Å². The molecule has 0 saturated carbocycles. The van der Waals surface area contributed by atoms with Crippen molar-refractivity contribution in [3.63, 3.8) is 0 Å². The van der Waals surface area contributed by atoms with Gasteiger partial charge in [0.2, 0.25) is 5.91 Å². The molecular weight excluding hydrogens is 366 g/mol. The highest BCUT2D eigenvalue weighted by Crippen LogP contribution is 2.10. The highest BCUT2D eigenvalue weighted by molar-refractivity contribution is 6.30. The monoisotopic (exact) mass is 389 g/mol. The normalized spacial score (nSPS) is 14.9. The molecule has 2 amide bonds. The van der Waals surface area contributed by atoms with Gasteiger partial charge in [-0.15, -0.1) is 0 Å². The van der Waals surface area contributed by atoms with Gasteiger partial charge < -0.3 is 14.6 Å². The maximum atomic E-state index is 12.2. The fourth-order valence-corrected chi connectivity index (χ4v) is 3.20. The molecule has 7 heteroatoms. The molecule has 0 aliphatic carbocycles. The number of furan rings is 1. The number of carbonyl (C=O) groups excluding carboxylic acids is 2. The third kappa shape index (κ3) is 5.84. The van der Waals surface area contributed by atoms with E-state index in [4.69, 9.17) is 16.0 Å². The Morgan fingerprint density at radius 2 is 1.81 bits per heavy atom. The number of halogens is 1. The molecule has 1 fully saturated rings. The zero-order valence-corrected chi connectivity index (χ0v) is 16.0. The Balaban J connectivity index is 1.31. The molecule has 27 heavy (non-hydrogen) atoms. The summed E-state index contributed by atoms with van der Waals surface area (Å²) < 4.78 is 5.17. The predicted octanol–water partition coefficient (Wildman–Crippen LogP) is 2.44. The first-order valence-electron chi connectivity index (χ1n) is 9.18. The van der Waals surface area contributed by atoms with E-state index in [1.807, 2.05) is 24.3 Å². The van der Waals surface area contributed by atoms with E-state index in [1.54, 1.807) is 17.0 Å². The highest BCUT2D eigenvalue weighted by Gasteiger charge is 2.23. The second-order valence-corrected chi connectivity index (χ2v) is 7.02. The van der Waals surface area contributed by atoms with Gasteiger partial charge in [0.15, 0.2) is 5.76 Å². The number of amides is 2. The van der Waals surface area contributed by atoms with Crippen LogP contribution in [-0.2, 0) is 11.2 Å². The maximum absolute atomic E-state index is 12.2. The Morgan fingerprint density at radius 1 is 1.07 bits per heavy atom. The van der Waals surface area contributed by atoms with Crippen LogP contribution in [-0.4, -0.2) is 60.9 Å². The van der Waals surface area contributed by atoms with Gasteiger partial charge in [0.25, 0.3) is 5.91 Å². The summed E-state index contributed by atoms with van der Waals surface area (Å²) in [5.41, 5.74) is 1.15. The summed E-state index contributed by atoms with van der Waals surface area (Å²) in [7, 11) is 0. The van der Waals surface area contributed by atoms with Crippen LogP contribution in [0.1, 0.15) is 22.5 Å². The zero-order valence-electron chi connectivity index (χ0n) is 15.2. The van der Waals surface area contributed by atoms with Crippen molar-refractivity contribution in [1.82, 2.24) is 15.1 Å². The van der Waals surface area contributed by atoms with Crippen molar-refractivity contribution in [1.29, 1.82) is 0 Å². The fraction of sp³-hybridized carbons (Fsp3) is 0.400. The number of hydrogen-bond donors (Lipinski definition) is 1. The lowest BCUT2D eigenvalue weighted by Crippen LogP contribution is -2.49. The molecule has 2 heterocycles. The Morgan fingerprint density at radius 3 is 2.48 bits per heavy atom. The van der Waals surface area contributed by atoms with E-state index in [0.29, 0.717) is 43.4 Å².